The predicted octanol–water partition coefficient (Wildman–Crippen LogP) is 2.12. The van der Waals surface area contributed by atoms with Crippen LogP contribution in [0.3, 0.4) is 0 Å². The molecule has 5 nitrogen and oxygen atoms in total. The van der Waals surface area contributed by atoms with Crippen molar-refractivity contribution in [2.45, 2.75) is 26.0 Å². The summed E-state index contributed by atoms with van der Waals surface area (Å²) in [5.41, 5.74) is 2.06. The van der Waals surface area contributed by atoms with Crippen molar-refractivity contribution in [1.29, 1.82) is 0 Å². The number of hydrogen-bond donors (Lipinski definition) is 1. The third-order valence-electron chi connectivity index (χ3n) is 3.83. The van der Waals surface area contributed by atoms with Crippen LogP contribution in [0.2, 0.25) is 0 Å². The molecule has 1 aliphatic rings. The molecule has 22 heavy (non-hydrogen) atoms. The molecule has 0 spiro atoms. The van der Waals surface area contributed by atoms with E-state index in [0.717, 1.165) is 24.1 Å². The lowest BCUT2D eigenvalue weighted by atomic mass is 9.97. The van der Waals surface area contributed by atoms with E-state index in [0.29, 0.717) is 6.61 Å². The quantitative estimate of drug-likeness (QED) is 0.944. The van der Waals surface area contributed by atoms with Crippen LogP contribution in [-0.2, 0) is 22.5 Å². The lowest BCUT2D eigenvalue weighted by molar-refractivity contribution is -0.128. The fourth-order valence-corrected chi connectivity index (χ4v) is 2.63. The molecule has 3 rings (SSSR count). The molecule has 0 aliphatic carbocycles. The first-order valence-corrected chi connectivity index (χ1v) is 7.39. The standard InChI is InChI=1S/C17H18N2O3/c1-2-19-9-7-15(20)14(11-19)18-17(21)16-13-6-4-3-5-12(13)8-10-22-16/h3-7,9,11,16H,2,8,10H2,1H3,(H,18,21)/t16-/m0/s1. The van der Waals surface area contributed by atoms with Gasteiger partial charge >= 0.3 is 0 Å². The number of anilines is 1. The smallest absolute Gasteiger partial charge is 0.258 e. The van der Waals surface area contributed by atoms with Gasteiger partial charge in [-0.3, -0.25) is 9.59 Å². The number of carbonyl (C=O) groups is 1. The molecule has 0 saturated heterocycles. The molecule has 0 unspecified atom stereocenters. The summed E-state index contributed by atoms with van der Waals surface area (Å²) in [6.07, 6.45) is 3.48. The molecule has 1 atom stereocenters. The highest BCUT2D eigenvalue weighted by Crippen LogP contribution is 2.27. The number of amides is 1. The molecule has 1 N–H and O–H groups in total. The zero-order valence-corrected chi connectivity index (χ0v) is 12.4. The Morgan fingerprint density at radius 3 is 3.00 bits per heavy atom. The molecular weight excluding hydrogens is 280 g/mol. The number of pyridine rings is 1. The number of aromatic nitrogens is 1. The number of ether oxygens (including phenoxy) is 1. The highest BCUT2D eigenvalue weighted by Gasteiger charge is 2.27. The van der Waals surface area contributed by atoms with Gasteiger partial charge < -0.3 is 14.6 Å². The van der Waals surface area contributed by atoms with Crippen LogP contribution in [0.25, 0.3) is 0 Å². The van der Waals surface area contributed by atoms with Crippen LogP contribution >= 0.6 is 0 Å². The highest BCUT2D eigenvalue weighted by atomic mass is 16.5. The Morgan fingerprint density at radius 1 is 1.36 bits per heavy atom. The minimum atomic E-state index is -0.667. The molecule has 2 aromatic rings. The number of fused-ring (bicyclic) bond motifs is 1. The van der Waals surface area contributed by atoms with E-state index < -0.39 is 6.10 Å². The number of nitrogens with zero attached hydrogens (tertiary/aromatic N) is 1. The average Bonchev–Trinajstić information content (AvgIpc) is 2.56. The first-order chi connectivity index (χ1) is 10.7. The first-order valence-electron chi connectivity index (χ1n) is 7.39. The monoisotopic (exact) mass is 298 g/mol. The summed E-state index contributed by atoms with van der Waals surface area (Å²) < 4.78 is 7.45. The van der Waals surface area contributed by atoms with Gasteiger partial charge in [0.25, 0.3) is 5.91 Å². The molecule has 1 aromatic carbocycles. The molecule has 0 saturated carbocycles. The SMILES string of the molecule is CCn1ccc(=O)c(NC(=O)[C@H]2OCCc3ccccc32)c1. The van der Waals surface area contributed by atoms with Gasteiger partial charge in [0.1, 0.15) is 5.69 Å². The molecular formula is C17H18N2O3. The van der Waals surface area contributed by atoms with E-state index in [1.165, 1.54) is 6.07 Å². The van der Waals surface area contributed by atoms with Crippen molar-refractivity contribution in [2.24, 2.45) is 0 Å². The van der Waals surface area contributed by atoms with Gasteiger partial charge in [0.15, 0.2) is 6.10 Å². The van der Waals surface area contributed by atoms with Crippen molar-refractivity contribution in [1.82, 2.24) is 4.57 Å². The third-order valence-corrected chi connectivity index (χ3v) is 3.83. The summed E-state index contributed by atoms with van der Waals surface area (Å²) in [6.45, 7) is 3.20. The molecule has 2 heterocycles. The van der Waals surface area contributed by atoms with Gasteiger partial charge in [0.05, 0.1) is 6.61 Å². The van der Waals surface area contributed by atoms with Gasteiger partial charge in [0.2, 0.25) is 5.43 Å². The van der Waals surface area contributed by atoms with Crippen LogP contribution < -0.4 is 10.7 Å². The van der Waals surface area contributed by atoms with Crippen molar-refractivity contribution in [3.05, 3.63) is 64.1 Å². The molecule has 114 valence electrons. The minimum Gasteiger partial charge on any atom is -0.363 e. The van der Waals surface area contributed by atoms with Crippen molar-refractivity contribution in [2.75, 3.05) is 11.9 Å². The maximum absolute atomic E-state index is 12.5. The summed E-state index contributed by atoms with van der Waals surface area (Å²) in [4.78, 5) is 24.4. The van der Waals surface area contributed by atoms with Gasteiger partial charge in [-0.1, -0.05) is 24.3 Å². The van der Waals surface area contributed by atoms with Crippen LogP contribution in [0.15, 0.2) is 47.5 Å². The fourth-order valence-electron chi connectivity index (χ4n) is 2.63. The maximum Gasteiger partial charge on any atom is 0.258 e. The van der Waals surface area contributed by atoms with Crippen molar-refractivity contribution < 1.29 is 9.53 Å². The van der Waals surface area contributed by atoms with Crippen molar-refractivity contribution >= 4 is 11.6 Å². The summed E-state index contributed by atoms with van der Waals surface area (Å²) in [7, 11) is 0. The Morgan fingerprint density at radius 2 is 2.18 bits per heavy atom. The minimum absolute atomic E-state index is 0.206. The normalized spacial score (nSPS) is 16.9. The third kappa shape index (κ3) is 2.80. The number of rotatable bonds is 3. The largest absolute Gasteiger partial charge is 0.363 e. The number of hydrogen-bond acceptors (Lipinski definition) is 3. The highest BCUT2D eigenvalue weighted by molar-refractivity contribution is 5.95. The lowest BCUT2D eigenvalue weighted by Gasteiger charge is -2.25. The average molecular weight is 298 g/mol. The fraction of sp³-hybridized carbons (Fsp3) is 0.294. The van der Waals surface area contributed by atoms with E-state index >= 15 is 0 Å². The summed E-state index contributed by atoms with van der Waals surface area (Å²) in [5.74, 6) is -0.307. The van der Waals surface area contributed by atoms with E-state index in [-0.39, 0.29) is 17.0 Å². The molecule has 1 aromatic heterocycles. The van der Waals surface area contributed by atoms with E-state index in [1.54, 1.807) is 12.4 Å². The summed E-state index contributed by atoms with van der Waals surface area (Å²) >= 11 is 0. The van der Waals surface area contributed by atoms with Crippen LogP contribution in [0.4, 0.5) is 5.69 Å². The Kier molecular flexibility index (Phi) is 4.06. The van der Waals surface area contributed by atoms with E-state index in [9.17, 15) is 9.59 Å². The van der Waals surface area contributed by atoms with E-state index in [1.807, 2.05) is 35.8 Å². The molecule has 1 aliphatic heterocycles. The van der Waals surface area contributed by atoms with Crippen LogP contribution in [-0.4, -0.2) is 17.1 Å². The van der Waals surface area contributed by atoms with Gasteiger partial charge in [-0.05, 0) is 24.5 Å². The second-order valence-corrected chi connectivity index (χ2v) is 5.24. The van der Waals surface area contributed by atoms with Gasteiger partial charge in [-0.15, -0.1) is 0 Å². The van der Waals surface area contributed by atoms with Gasteiger partial charge in [-0.2, -0.15) is 0 Å². The Bertz CT molecular complexity index is 752. The van der Waals surface area contributed by atoms with E-state index in [2.05, 4.69) is 5.32 Å². The summed E-state index contributed by atoms with van der Waals surface area (Å²) in [6, 6.07) is 9.20. The zero-order valence-electron chi connectivity index (χ0n) is 12.4. The Hall–Kier alpha value is -2.40. The van der Waals surface area contributed by atoms with Crippen LogP contribution in [0.5, 0.6) is 0 Å². The van der Waals surface area contributed by atoms with E-state index in [4.69, 9.17) is 4.74 Å². The number of benzene rings is 1. The zero-order chi connectivity index (χ0) is 15.5. The predicted molar refractivity (Wildman–Crippen MR) is 83.8 cm³/mol. The number of carbonyl (C=O) groups excluding carboxylic acids is 1. The molecule has 5 heteroatoms. The molecule has 0 bridgehead atoms. The topological polar surface area (TPSA) is 60.3 Å². The lowest BCUT2D eigenvalue weighted by Crippen LogP contribution is -2.30. The van der Waals surface area contributed by atoms with Crippen molar-refractivity contribution in [3.8, 4) is 0 Å². The maximum atomic E-state index is 12.5. The first kappa shape index (κ1) is 14.5. The number of aryl methyl sites for hydroxylation is 1. The number of nitrogens with one attached hydrogen (secondary N) is 1. The Balaban J connectivity index is 1.86. The van der Waals surface area contributed by atoms with Crippen molar-refractivity contribution in [3.63, 3.8) is 0 Å². The van der Waals surface area contributed by atoms with Gasteiger partial charge in [-0.25, -0.2) is 0 Å². The second kappa shape index (κ2) is 6.15. The molecule has 0 fully saturated rings. The second-order valence-electron chi connectivity index (χ2n) is 5.24. The van der Waals surface area contributed by atoms with Gasteiger partial charge in [0, 0.05) is 25.0 Å². The Labute approximate surface area is 128 Å². The van der Waals surface area contributed by atoms with Crippen LogP contribution in [0.1, 0.15) is 24.2 Å². The molecule has 0 radical (unpaired) electrons. The summed E-state index contributed by atoms with van der Waals surface area (Å²) in [5, 5.41) is 2.70. The van der Waals surface area contributed by atoms with Crippen LogP contribution in [0, 0.1) is 0 Å². The molecule has 1 amide bonds.